The number of carboxylic acids is 1. The van der Waals surface area contributed by atoms with Crippen molar-refractivity contribution in [2.75, 3.05) is 11.6 Å². The molecule has 2 aliphatic heterocycles. The van der Waals surface area contributed by atoms with Crippen molar-refractivity contribution >= 4 is 29.5 Å². The summed E-state index contributed by atoms with van der Waals surface area (Å²) in [6, 6.07) is -1.29. The van der Waals surface area contributed by atoms with E-state index >= 15 is 0 Å². The first-order valence-electron chi connectivity index (χ1n) is 5.00. The predicted molar refractivity (Wildman–Crippen MR) is 56.8 cm³/mol. The number of carboxylic acid groups (broad SMARTS) is 1. The lowest BCUT2D eigenvalue weighted by atomic mass is 10.2. The van der Waals surface area contributed by atoms with E-state index in [1.807, 2.05) is 0 Å². The number of carbonyl (C=O) groups is 3. The van der Waals surface area contributed by atoms with E-state index in [-0.39, 0.29) is 11.8 Å². The van der Waals surface area contributed by atoms with Crippen molar-refractivity contribution in [1.29, 1.82) is 0 Å². The molecule has 16 heavy (non-hydrogen) atoms. The van der Waals surface area contributed by atoms with Gasteiger partial charge in [0.05, 0.1) is 5.88 Å². The summed E-state index contributed by atoms with van der Waals surface area (Å²) in [5, 5.41) is 11.5. The van der Waals surface area contributed by atoms with Gasteiger partial charge in [-0.25, -0.2) is 4.79 Å². The molecule has 0 saturated carbocycles. The second-order valence-electron chi connectivity index (χ2n) is 3.82. The van der Waals surface area contributed by atoms with Gasteiger partial charge in [0.15, 0.2) is 0 Å². The fraction of sp³-hybridized carbons (Fsp3) is 0.667. The third-order valence-corrected chi connectivity index (χ3v) is 3.76. The molecule has 2 rings (SSSR count). The normalized spacial score (nSPS) is 29.2. The number of nitrogens with zero attached hydrogens (tertiary/aromatic N) is 1. The second kappa shape index (κ2) is 4.32. The SMILES string of the molecule is O=C1CCC(C(=O)N2CSC[C@H]2C(=O)O)N1. The number of amides is 2. The van der Waals surface area contributed by atoms with E-state index in [1.54, 1.807) is 0 Å². The number of hydrogen-bond donors (Lipinski definition) is 2. The Morgan fingerprint density at radius 1 is 1.50 bits per heavy atom. The maximum Gasteiger partial charge on any atom is 0.327 e. The van der Waals surface area contributed by atoms with Gasteiger partial charge in [0.25, 0.3) is 0 Å². The lowest BCUT2D eigenvalue weighted by Gasteiger charge is -2.23. The van der Waals surface area contributed by atoms with Crippen LogP contribution in [-0.2, 0) is 14.4 Å². The first-order valence-corrected chi connectivity index (χ1v) is 6.15. The van der Waals surface area contributed by atoms with Gasteiger partial charge >= 0.3 is 5.97 Å². The number of hydrogen-bond acceptors (Lipinski definition) is 4. The zero-order chi connectivity index (χ0) is 11.7. The molecule has 0 aromatic rings. The van der Waals surface area contributed by atoms with Crippen LogP contribution in [0.3, 0.4) is 0 Å². The highest BCUT2D eigenvalue weighted by molar-refractivity contribution is 7.99. The van der Waals surface area contributed by atoms with Crippen LogP contribution in [0.1, 0.15) is 12.8 Å². The number of aliphatic carboxylic acids is 1. The van der Waals surface area contributed by atoms with Crippen LogP contribution in [0.4, 0.5) is 0 Å². The van der Waals surface area contributed by atoms with E-state index < -0.39 is 18.1 Å². The fourth-order valence-electron chi connectivity index (χ4n) is 1.86. The molecule has 2 saturated heterocycles. The molecule has 2 atom stereocenters. The summed E-state index contributed by atoms with van der Waals surface area (Å²) >= 11 is 1.42. The lowest BCUT2D eigenvalue weighted by molar-refractivity contribution is -0.148. The quantitative estimate of drug-likeness (QED) is 0.667. The molecule has 2 heterocycles. The van der Waals surface area contributed by atoms with Crippen molar-refractivity contribution in [3.8, 4) is 0 Å². The fourth-order valence-corrected chi connectivity index (χ4v) is 3.02. The Labute approximate surface area is 96.4 Å². The van der Waals surface area contributed by atoms with Gasteiger partial charge in [0.1, 0.15) is 12.1 Å². The van der Waals surface area contributed by atoms with Gasteiger partial charge in [-0.3, -0.25) is 9.59 Å². The molecule has 0 aromatic carbocycles. The van der Waals surface area contributed by atoms with E-state index in [1.165, 1.54) is 16.7 Å². The summed E-state index contributed by atoms with van der Waals surface area (Å²) in [6.07, 6.45) is 0.806. The summed E-state index contributed by atoms with van der Waals surface area (Å²) in [7, 11) is 0. The molecule has 0 radical (unpaired) electrons. The maximum atomic E-state index is 11.9. The minimum absolute atomic E-state index is 0.142. The molecule has 1 unspecified atom stereocenters. The molecule has 2 fully saturated rings. The Morgan fingerprint density at radius 3 is 2.81 bits per heavy atom. The van der Waals surface area contributed by atoms with Crippen molar-refractivity contribution in [2.45, 2.75) is 24.9 Å². The molecule has 2 N–H and O–H groups in total. The van der Waals surface area contributed by atoms with Gasteiger partial charge in [0, 0.05) is 12.2 Å². The summed E-state index contributed by atoms with van der Waals surface area (Å²) < 4.78 is 0. The van der Waals surface area contributed by atoms with Crippen molar-refractivity contribution in [1.82, 2.24) is 10.2 Å². The standard InChI is InChI=1S/C9H12N2O4S/c12-7-2-1-5(10-7)8(13)11-4-16-3-6(11)9(14)15/h5-6H,1-4H2,(H,10,12)(H,14,15)/t5?,6-/m0/s1. The molecule has 7 heteroatoms. The molecule has 2 amide bonds. The molecule has 0 spiro atoms. The summed E-state index contributed by atoms with van der Waals surface area (Å²) in [6.45, 7) is 0. The van der Waals surface area contributed by atoms with Gasteiger partial charge in [-0.2, -0.15) is 0 Å². The van der Waals surface area contributed by atoms with Gasteiger partial charge in [-0.15, -0.1) is 11.8 Å². The zero-order valence-corrected chi connectivity index (χ0v) is 9.33. The average Bonchev–Trinajstić information content (AvgIpc) is 2.84. The van der Waals surface area contributed by atoms with E-state index in [9.17, 15) is 14.4 Å². The van der Waals surface area contributed by atoms with Gasteiger partial charge in [-0.1, -0.05) is 0 Å². The van der Waals surface area contributed by atoms with E-state index in [4.69, 9.17) is 5.11 Å². The Balaban J connectivity index is 2.03. The summed E-state index contributed by atoms with van der Waals surface area (Å²) in [4.78, 5) is 35.2. The molecule has 0 aliphatic carbocycles. The van der Waals surface area contributed by atoms with Crippen LogP contribution in [-0.4, -0.2) is 51.5 Å². The molecular weight excluding hydrogens is 232 g/mol. The number of nitrogens with one attached hydrogen (secondary N) is 1. The highest BCUT2D eigenvalue weighted by Crippen LogP contribution is 2.23. The Hall–Kier alpha value is -1.24. The number of thioether (sulfide) groups is 1. The molecule has 88 valence electrons. The van der Waals surface area contributed by atoms with Crippen LogP contribution >= 0.6 is 11.8 Å². The van der Waals surface area contributed by atoms with Crippen LogP contribution in [0, 0.1) is 0 Å². The Kier molecular flexibility index (Phi) is 3.04. The van der Waals surface area contributed by atoms with E-state index in [2.05, 4.69) is 5.32 Å². The van der Waals surface area contributed by atoms with Crippen LogP contribution < -0.4 is 5.32 Å². The van der Waals surface area contributed by atoms with Gasteiger partial charge in [-0.05, 0) is 6.42 Å². The van der Waals surface area contributed by atoms with Crippen LogP contribution in [0.2, 0.25) is 0 Å². The van der Waals surface area contributed by atoms with E-state index in [0.717, 1.165) is 0 Å². The first-order chi connectivity index (χ1) is 7.59. The molecule has 2 aliphatic rings. The molecule has 6 nitrogen and oxygen atoms in total. The molecule has 0 aromatic heterocycles. The Bertz CT molecular complexity index is 346. The van der Waals surface area contributed by atoms with Gasteiger partial charge < -0.3 is 15.3 Å². The monoisotopic (exact) mass is 244 g/mol. The highest BCUT2D eigenvalue weighted by Gasteiger charge is 2.39. The predicted octanol–water partition coefficient (Wildman–Crippen LogP) is -0.749. The average molecular weight is 244 g/mol. The van der Waals surface area contributed by atoms with Crippen molar-refractivity contribution in [3.05, 3.63) is 0 Å². The lowest BCUT2D eigenvalue weighted by Crippen LogP contribution is -2.49. The van der Waals surface area contributed by atoms with Crippen molar-refractivity contribution in [3.63, 3.8) is 0 Å². The highest BCUT2D eigenvalue weighted by atomic mass is 32.2. The number of carbonyl (C=O) groups excluding carboxylic acids is 2. The topological polar surface area (TPSA) is 86.7 Å². The van der Waals surface area contributed by atoms with Crippen LogP contribution in [0.25, 0.3) is 0 Å². The van der Waals surface area contributed by atoms with Crippen LogP contribution in [0.15, 0.2) is 0 Å². The summed E-state index contributed by atoms with van der Waals surface area (Å²) in [5.74, 6) is -0.591. The van der Waals surface area contributed by atoms with Crippen LogP contribution in [0.5, 0.6) is 0 Å². The smallest absolute Gasteiger partial charge is 0.327 e. The number of rotatable bonds is 2. The molecule has 0 bridgehead atoms. The summed E-state index contributed by atoms with van der Waals surface area (Å²) in [5.41, 5.74) is 0. The largest absolute Gasteiger partial charge is 0.480 e. The van der Waals surface area contributed by atoms with E-state index in [0.29, 0.717) is 24.5 Å². The minimum atomic E-state index is -0.984. The zero-order valence-electron chi connectivity index (χ0n) is 8.51. The Morgan fingerprint density at radius 2 is 2.25 bits per heavy atom. The second-order valence-corrected chi connectivity index (χ2v) is 4.82. The third-order valence-electron chi connectivity index (χ3n) is 2.74. The first kappa shape index (κ1) is 11.3. The third kappa shape index (κ3) is 1.99. The minimum Gasteiger partial charge on any atom is -0.480 e. The molecular formula is C9H12N2O4S. The van der Waals surface area contributed by atoms with Gasteiger partial charge in [0.2, 0.25) is 11.8 Å². The van der Waals surface area contributed by atoms with Crippen molar-refractivity contribution < 1.29 is 19.5 Å². The van der Waals surface area contributed by atoms with Crippen molar-refractivity contribution in [2.24, 2.45) is 0 Å². The maximum absolute atomic E-state index is 11.9.